The number of carbonyl (C=O) groups excluding carboxylic acids is 1. The lowest BCUT2D eigenvalue weighted by Crippen LogP contribution is -1.90. The quantitative estimate of drug-likeness (QED) is 0.650. The summed E-state index contributed by atoms with van der Waals surface area (Å²) in [6.07, 6.45) is 2.25. The molecule has 1 rings (SSSR count). The fraction of sp³-hybridized carbons (Fsp3) is 0.375. The van der Waals surface area contributed by atoms with Crippen LogP contribution in [0.25, 0.3) is 0 Å². The molecule has 11 heavy (non-hydrogen) atoms. The molecule has 0 radical (unpaired) electrons. The van der Waals surface area contributed by atoms with E-state index in [9.17, 15) is 4.79 Å². The minimum absolute atomic E-state index is 0.226. The third kappa shape index (κ3) is 3.28. The van der Waals surface area contributed by atoms with Gasteiger partial charge in [-0.1, -0.05) is 11.8 Å². The Bertz CT molecular complexity index is 216. The predicted octanol–water partition coefficient (Wildman–Crippen LogP) is 2.35. The summed E-state index contributed by atoms with van der Waals surface area (Å²) in [5.41, 5.74) is 0. The molecule has 3 heteroatoms. The predicted molar refractivity (Wildman–Crippen MR) is 44.7 cm³/mol. The van der Waals surface area contributed by atoms with Gasteiger partial charge in [0.05, 0.1) is 6.26 Å². The van der Waals surface area contributed by atoms with Crippen LogP contribution in [0, 0.1) is 0 Å². The number of Topliss-reactive ketones (excluding diaryl/α,β-unsaturated/α-hetero) is 1. The number of rotatable bonds is 4. The number of furan rings is 1. The van der Waals surface area contributed by atoms with E-state index < -0.39 is 0 Å². The molecule has 1 aromatic rings. The van der Waals surface area contributed by atoms with Gasteiger partial charge in [0, 0.05) is 12.2 Å². The van der Waals surface area contributed by atoms with Crippen LogP contribution in [0.2, 0.25) is 0 Å². The smallest absolute Gasteiger partial charge is 0.160 e. The van der Waals surface area contributed by atoms with Crippen LogP contribution in [0.1, 0.15) is 13.3 Å². The summed E-state index contributed by atoms with van der Waals surface area (Å²) in [5.74, 6) is 1.03. The van der Waals surface area contributed by atoms with Gasteiger partial charge in [-0.2, -0.15) is 0 Å². The third-order valence-corrected chi connectivity index (χ3v) is 2.12. The molecule has 0 N–H and O–H groups in total. The Morgan fingerprint density at radius 2 is 2.55 bits per heavy atom. The van der Waals surface area contributed by atoms with Gasteiger partial charge in [0.15, 0.2) is 5.09 Å². The molecule has 1 heterocycles. The first-order valence-electron chi connectivity index (χ1n) is 3.45. The van der Waals surface area contributed by atoms with E-state index in [2.05, 4.69) is 0 Å². The van der Waals surface area contributed by atoms with E-state index in [4.69, 9.17) is 4.42 Å². The van der Waals surface area contributed by atoms with Crippen LogP contribution in [-0.2, 0) is 4.79 Å². The standard InChI is InChI=1S/C8H10O2S/c1-7(9)4-6-11-8-3-2-5-10-8/h2-3,5H,4,6H2,1H3. The van der Waals surface area contributed by atoms with Gasteiger partial charge in [0.2, 0.25) is 0 Å². The summed E-state index contributed by atoms with van der Waals surface area (Å²) in [6.45, 7) is 1.60. The van der Waals surface area contributed by atoms with Crippen molar-refractivity contribution in [3.63, 3.8) is 0 Å². The number of thioether (sulfide) groups is 1. The second-order valence-corrected chi connectivity index (χ2v) is 3.33. The van der Waals surface area contributed by atoms with Crippen LogP contribution in [0.5, 0.6) is 0 Å². The lowest BCUT2D eigenvalue weighted by Gasteiger charge is -1.92. The number of hydrogen-bond acceptors (Lipinski definition) is 3. The average Bonchev–Trinajstić information content (AvgIpc) is 2.39. The zero-order chi connectivity index (χ0) is 8.10. The molecule has 2 nitrogen and oxygen atoms in total. The highest BCUT2D eigenvalue weighted by Gasteiger charge is 1.97. The van der Waals surface area contributed by atoms with E-state index in [1.807, 2.05) is 12.1 Å². The molecule has 0 bridgehead atoms. The highest BCUT2D eigenvalue weighted by atomic mass is 32.2. The molecular formula is C8H10O2S. The highest BCUT2D eigenvalue weighted by Crippen LogP contribution is 2.18. The Morgan fingerprint density at radius 1 is 1.73 bits per heavy atom. The molecule has 0 amide bonds. The molecule has 0 fully saturated rings. The van der Waals surface area contributed by atoms with Crippen LogP contribution < -0.4 is 0 Å². The normalized spacial score (nSPS) is 9.91. The SMILES string of the molecule is CC(=O)CCSc1ccco1. The van der Waals surface area contributed by atoms with Crippen molar-refractivity contribution in [1.29, 1.82) is 0 Å². The first kappa shape index (κ1) is 8.40. The van der Waals surface area contributed by atoms with Crippen molar-refractivity contribution in [3.8, 4) is 0 Å². The monoisotopic (exact) mass is 170 g/mol. The molecule has 0 unspecified atom stereocenters. The fourth-order valence-corrected chi connectivity index (χ4v) is 1.53. The first-order chi connectivity index (χ1) is 5.29. The topological polar surface area (TPSA) is 30.2 Å². The molecule has 0 saturated heterocycles. The Kier molecular flexibility index (Phi) is 3.23. The summed E-state index contributed by atoms with van der Waals surface area (Å²) in [6, 6.07) is 3.74. The summed E-state index contributed by atoms with van der Waals surface area (Å²) >= 11 is 1.57. The van der Waals surface area contributed by atoms with E-state index in [1.165, 1.54) is 0 Å². The Balaban J connectivity index is 2.19. The molecule has 1 aromatic heterocycles. The van der Waals surface area contributed by atoms with Gasteiger partial charge in [-0.25, -0.2) is 0 Å². The van der Waals surface area contributed by atoms with Crippen molar-refractivity contribution in [3.05, 3.63) is 18.4 Å². The maximum Gasteiger partial charge on any atom is 0.160 e. The van der Waals surface area contributed by atoms with Crippen molar-refractivity contribution >= 4 is 17.5 Å². The van der Waals surface area contributed by atoms with Crippen molar-refractivity contribution < 1.29 is 9.21 Å². The van der Waals surface area contributed by atoms with Gasteiger partial charge in [-0.3, -0.25) is 4.79 Å². The second kappa shape index (κ2) is 4.23. The van der Waals surface area contributed by atoms with E-state index in [1.54, 1.807) is 24.9 Å². The first-order valence-corrected chi connectivity index (χ1v) is 4.43. The molecular weight excluding hydrogens is 160 g/mol. The zero-order valence-corrected chi connectivity index (χ0v) is 7.19. The Labute approximate surface area is 70.0 Å². The van der Waals surface area contributed by atoms with E-state index in [0.29, 0.717) is 6.42 Å². The fourth-order valence-electron chi connectivity index (χ4n) is 0.641. The Morgan fingerprint density at radius 3 is 3.09 bits per heavy atom. The van der Waals surface area contributed by atoms with Crippen molar-refractivity contribution in [2.24, 2.45) is 0 Å². The summed E-state index contributed by atoms with van der Waals surface area (Å²) in [4.78, 5) is 10.5. The highest BCUT2D eigenvalue weighted by molar-refractivity contribution is 7.99. The second-order valence-electron chi connectivity index (χ2n) is 2.23. The van der Waals surface area contributed by atoms with E-state index in [-0.39, 0.29) is 5.78 Å². The van der Waals surface area contributed by atoms with E-state index >= 15 is 0 Å². The Hall–Kier alpha value is -0.700. The maximum absolute atomic E-state index is 10.5. The van der Waals surface area contributed by atoms with Gasteiger partial charge in [0.25, 0.3) is 0 Å². The van der Waals surface area contributed by atoms with Gasteiger partial charge in [-0.05, 0) is 19.1 Å². The largest absolute Gasteiger partial charge is 0.458 e. The van der Waals surface area contributed by atoms with Crippen molar-refractivity contribution in [1.82, 2.24) is 0 Å². The van der Waals surface area contributed by atoms with Crippen LogP contribution in [0.4, 0.5) is 0 Å². The molecule has 60 valence electrons. The van der Waals surface area contributed by atoms with E-state index in [0.717, 1.165) is 10.8 Å². The lowest BCUT2D eigenvalue weighted by atomic mass is 10.4. The molecule has 0 aliphatic rings. The number of hydrogen-bond donors (Lipinski definition) is 0. The summed E-state index contributed by atoms with van der Waals surface area (Å²) in [7, 11) is 0. The van der Waals surface area contributed by atoms with Crippen molar-refractivity contribution in [2.75, 3.05) is 5.75 Å². The van der Waals surface area contributed by atoms with Crippen LogP contribution >= 0.6 is 11.8 Å². The van der Waals surface area contributed by atoms with Gasteiger partial charge in [0.1, 0.15) is 5.78 Å². The summed E-state index contributed by atoms with van der Waals surface area (Å²) < 4.78 is 5.07. The van der Waals surface area contributed by atoms with Gasteiger partial charge >= 0.3 is 0 Å². The molecule has 0 atom stereocenters. The van der Waals surface area contributed by atoms with Crippen LogP contribution in [0.3, 0.4) is 0 Å². The zero-order valence-electron chi connectivity index (χ0n) is 6.37. The molecule has 0 aliphatic heterocycles. The lowest BCUT2D eigenvalue weighted by molar-refractivity contribution is -0.116. The minimum Gasteiger partial charge on any atom is -0.458 e. The minimum atomic E-state index is 0.226. The number of ketones is 1. The number of carbonyl (C=O) groups is 1. The van der Waals surface area contributed by atoms with Crippen LogP contribution in [0.15, 0.2) is 27.9 Å². The van der Waals surface area contributed by atoms with Gasteiger partial charge < -0.3 is 4.42 Å². The summed E-state index contributed by atoms with van der Waals surface area (Å²) in [5, 5.41) is 0.881. The molecule has 0 aromatic carbocycles. The third-order valence-electron chi connectivity index (χ3n) is 1.19. The van der Waals surface area contributed by atoms with Gasteiger partial charge in [-0.15, -0.1) is 0 Å². The molecule has 0 spiro atoms. The van der Waals surface area contributed by atoms with Crippen molar-refractivity contribution in [2.45, 2.75) is 18.4 Å². The maximum atomic E-state index is 10.5. The molecule has 0 aliphatic carbocycles. The molecule has 0 saturated carbocycles. The van der Waals surface area contributed by atoms with Crippen LogP contribution in [-0.4, -0.2) is 11.5 Å². The average molecular weight is 170 g/mol.